The number of carbonyl (C=O) groups is 1. The highest BCUT2D eigenvalue weighted by molar-refractivity contribution is 5.74. The van der Waals surface area contributed by atoms with Crippen LogP contribution in [0.5, 0.6) is 5.75 Å². The van der Waals surface area contributed by atoms with Gasteiger partial charge in [0, 0.05) is 6.04 Å². The van der Waals surface area contributed by atoms with Crippen LogP contribution in [0.25, 0.3) is 0 Å². The molecule has 0 unspecified atom stereocenters. The van der Waals surface area contributed by atoms with E-state index >= 15 is 0 Å². The maximum atomic E-state index is 13.4. The zero-order valence-corrected chi connectivity index (χ0v) is 13.8. The van der Waals surface area contributed by atoms with E-state index in [0.717, 1.165) is 24.2 Å². The highest BCUT2D eigenvalue weighted by Crippen LogP contribution is 2.58. The van der Waals surface area contributed by atoms with E-state index < -0.39 is 0 Å². The SMILES string of the molecule is O=C(NCCOc1ccccc1F)N[C@@H]1C[C@H]2C[C@H]1[C@H]1CCC[C@@H]21. The van der Waals surface area contributed by atoms with Crippen molar-refractivity contribution in [1.82, 2.24) is 10.6 Å². The molecule has 1 aromatic rings. The third-order valence-corrected chi connectivity index (χ3v) is 6.23. The normalized spacial score (nSPS) is 33.3. The van der Waals surface area contributed by atoms with E-state index in [4.69, 9.17) is 4.74 Å². The molecule has 0 spiro atoms. The Kier molecular flexibility index (Phi) is 4.33. The lowest BCUT2D eigenvalue weighted by Gasteiger charge is -2.32. The summed E-state index contributed by atoms with van der Waals surface area (Å²) in [5, 5.41) is 5.97. The number of benzene rings is 1. The van der Waals surface area contributed by atoms with Gasteiger partial charge in [0.05, 0.1) is 6.54 Å². The van der Waals surface area contributed by atoms with Crippen LogP contribution in [0.3, 0.4) is 0 Å². The van der Waals surface area contributed by atoms with Crippen molar-refractivity contribution < 1.29 is 13.9 Å². The second-order valence-corrected chi connectivity index (χ2v) is 7.44. The number of amides is 2. The Morgan fingerprint density at radius 3 is 2.88 bits per heavy atom. The molecular weight excluding hydrogens is 307 g/mol. The summed E-state index contributed by atoms with van der Waals surface area (Å²) in [6, 6.07) is 6.51. The van der Waals surface area contributed by atoms with Gasteiger partial charge < -0.3 is 15.4 Å². The van der Waals surface area contributed by atoms with Gasteiger partial charge in [0.2, 0.25) is 0 Å². The molecule has 3 fully saturated rings. The lowest BCUT2D eigenvalue weighted by molar-refractivity contribution is 0.196. The summed E-state index contributed by atoms with van der Waals surface area (Å²) in [7, 11) is 0. The highest BCUT2D eigenvalue weighted by Gasteiger charge is 2.53. The van der Waals surface area contributed by atoms with Crippen molar-refractivity contribution in [3.05, 3.63) is 30.1 Å². The van der Waals surface area contributed by atoms with Gasteiger partial charge in [0.25, 0.3) is 0 Å². The van der Waals surface area contributed by atoms with Gasteiger partial charge in [-0.05, 0) is 61.5 Å². The van der Waals surface area contributed by atoms with E-state index in [1.54, 1.807) is 18.2 Å². The summed E-state index contributed by atoms with van der Waals surface area (Å²) >= 11 is 0. The van der Waals surface area contributed by atoms with Gasteiger partial charge in [0.1, 0.15) is 6.61 Å². The van der Waals surface area contributed by atoms with Gasteiger partial charge in [-0.15, -0.1) is 0 Å². The van der Waals surface area contributed by atoms with Crippen LogP contribution in [0.1, 0.15) is 32.1 Å². The van der Waals surface area contributed by atoms with Crippen LogP contribution in [0.15, 0.2) is 24.3 Å². The molecule has 5 heteroatoms. The molecule has 4 rings (SSSR count). The van der Waals surface area contributed by atoms with E-state index in [1.807, 2.05) is 0 Å². The number of carbonyl (C=O) groups excluding carboxylic acids is 1. The molecule has 2 N–H and O–H groups in total. The van der Waals surface area contributed by atoms with Crippen LogP contribution in [-0.2, 0) is 0 Å². The predicted octanol–water partition coefficient (Wildman–Crippen LogP) is 3.33. The molecule has 0 aliphatic heterocycles. The van der Waals surface area contributed by atoms with Gasteiger partial charge in [0.15, 0.2) is 11.6 Å². The monoisotopic (exact) mass is 332 g/mol. The molecule has 3 saturated carbocycles. The zero-order valence-electron chi connectivity index (χ0n) is 13.8. The number of urea groups is 1. The number of rotatable bonds is 5. The van der Waals surface area contributed by atoms with Crippen molar-refractivity contribution in [2.75, 3.05) is 13.2 Å². The lowest BCUT2D eigenvalue weighted by Crippen LogP contribution is -2.47. The third kappa shape index (κ3) is 2.96. The summed E-state index contributed by atoms with van der Waals surface area (Å²) in [6.45, 7) is 0.628. The van der Waals surface area contributed by atoms with Gasteiger partial charge in [-0.2, -0.15) is 0 Å². The van der Waals surface area contributed by atoms with Crippen LogP contribution in [0, 0.1) is 29.5 Å². The van der Waals surface area contributed by atoms with Crippen molar-refractivity contribution >= 4 is 6.03 Å². The summed E-state index contributed by atoms with van der Waals surface area (Å²) in [6.07, 6.45) is 6.57. The van der Waals surface area contributed by atoms with Gasteiger partial charge in [-0.25, -0.2) is 9.18 Å². The quantitative estimate of drug-likeness (QED) is 0.813. The summed E-state index contributed by atoms with van der Waals surface area (Å²) < 4.78 is 18.8. The first kappa shape index (κ1) is 15.7. The van der Waals surface area contributed by atoms with Crippen LogP contribution >= 0.6 is 0 Å². The minimum absolute atomic E-state index is 0.126. The third-order valence-electron chi connectivity index (χ3n) is 6.23. The zero-order chi connectivity index (χ0) is 16.5. The Morgan fingerprint density at radius 1 is 1.17 bits per heavy atom. The van der Waals surface area contributed by atoms with Crippen molar-refractivity contribution in [2.45, 2.75) is 38.1 Å². The number of ether oxygens (including phenoxy) is 1. The fourth-order valence-corrected chi connectivity index (χ4v) is 5.34. The number of para-hydroxylation sites is 1. The molecule has 2 bridgehead atoms. The van der Waals surface area contributed by atoms with Crippen molar-refractivity contribution in [2.24, 2.45) is 23.7 Å². The topological polar surface area (TPSA) is 50.4 Å². The summed E-state index contributed by atoms with van der Waals surface area (Å²) in [4.78, 5) is 12.1. The molecule has 0 heterocycles. The van der Waals surface area contributed by atoms with E-state index in [-0.39, 0.29) is 24.2 Å². The van der Waals surface area contributed by atoms with Crippen LogP contribution in [0.2, 0.25) is 0 Å². The summed E-state index contributed by atoms with van der Waals surface area (Å²) in [5.41, 5.74) is 0. The van der Waals surface area contributed by atoms with Crippen molar-refractivity contribution in [1.29, 1.82) is 0 Å². The minimum atomic E-state index is -0.380. The second-order valence-electron chi connectivity index (χ2n) is 7.44. The van der Waals surface area contributed by atoms with Crippen LogP contribution < -0.4 is 15.4 Å². The second kappa shape index (κ2) is 6.61. The Bertz CT molecular complexity index is 609. The molecule has 130 valence electrons. The lowest BCUT2D eigenvalue weighted by atomic mass is 9.79. The van der Waals surface area contributed by atoms with Crippen molar-refractivity contribution in [3.63, 3.8) is 0 Å². The number of nitrogens with one attached hydrogen (secondary N) is 2. The number of fused-ring (bicyclic) bond motifs is 5. The first-order chi connectivity index (χ1) is 11.7. The minimum Gasteiger partial charge on any atom is -0.489 e. The smallest absolute Gasteiger partial charge is 0.315 e. The molecule has 3 aliphatic rings. The molecular formula is C19H25FN2O2. The maximum absolute atomic E-state index is 13.4. The van der Waals surface area contributed by atoms with Gasteiger partial charge in [-0.1, -0.05) is 18.6 Å². The maximum Gasteiger partial charge on any atom is 0.315 e. The fourth-order valence-electron chi connectivity index (χ4n) is 5.34. The average molecular weight is 332 g/mol. The first-order valence-corrected chi connectivity index (χ1v) is 9.14. The molecule has 3 aliphatic carbocycles. The van der Waals surface area contributed by atoms with Crippen molar-refractivity contribution in [3.8, 4) is 5.75 Å². The van der Waals surface area contributed by atoms with Crippen LogP contribution in [0.4, 0.5) is 9.18 Å². The first-order valence-electron chi connectivity index (χ1n) is 9.14. The standard InChI is InChI=1S/C19H25FN2O2/c20-16-6-1-2-7-18(16)24-9-8-21-19(23)22-17-11-12-10-15(17)14-5-3-4-13(12)14/h1-2,6-7,12-15,17H,3-5,8-11H2,(H2,21,22,23)/t12-,13+,14+,15+,17-/m1/s1. The highest BCUT2D eigenvalue weighted by atomic mass is 19.1. The number of hydrogen-bond acceptors (Lipinski definition) is 2. The molecule has 5 atom stereocenters. The molecule has 4 nitrogen and oxygen atoms in total. The van der Waals surface area contributed by atoms with Gasteiger partial charge >= 0.3 is 6.03 Å². The Balaban J connectivity index is 1.19. The molecule has 2 amide bonds. The molecule has 1 aromatic carbocycles. The van der Waals surface area contributed by atoms with E-state index in [9.17, 15) is 9.18 Å². The molecule has 0 radical (unpaired) electrons. The Labute approximate surface area is 142 Å². The van der Waals surface area contributed by atoms with Crippen LogP contribution in [-0.4, -0.2) is 25.2 Å². The molecule has 0 saturated heterocycles. The Hall–Kier alpha value is -1.78. The largest absolute Gasteiger partial charge is 0.489 e. The van der Waals surface area contributed by atoms with E-state index in [1.165, 1.54) is 31.7 Å². The predicted molar refractivity (Wildman–Crippen MR) is 89.3 cm³/mol. The van der Waals surface area contributed by atoms with E-state index in [2.05, 4.69) is 10.6 Å². The Morgan fingerprint density at radius 2 is 2.00 bits per heavy atom. The average Bonchev–Trinajstić information content (AvgIpc) is 3.25. The number of hydrogen-bond donors (Lipinski definition) is 2. The molecule has 0 aromatic heterocycles. The number of halogens is 1. The summed E-state index contributed by atoms with van der Waals surface area (Å²) in [5.74, 6) is 3.14. The molecule has 24 heavy (non-hydrogen) atoms. The van der Waals surface area contributed by atoms with Gasteiger partial charge in [-0.3, -0.25) is 0 Å². The fraction of sp³-hybridized carbons (Fsp3) is 0.632. The van der Waals surface area contributed by atoms with E-state index in [0.29, 0.717) is 18.5 Å².